The SMILES string of the molecule is Fc1ccc([C@@H]2C[C@H]2Nc2cncc(Cl)n2)cc1. The van der Waals surface area contributed by atoms with Gasteiger partial charge in [0.2, 0.25) is 0 Å². The second kappa shape index (κ2) is 4.53. The van der Waals surface area contributed by atoms with Gasteiger partial charge in [-0.3, -0.25) is 4.98 Å². The molecule has 0 bridgehead atoms. The Hall–Kier alpha value is -1.68. The summed E-state index contributed by atoms with van der Waals surface area (Å²) < 4.78 is 12.8. The molecule has 92 valence electrons. The number of anilines is 1. The summed E-state index contributed by atoms with van der Waals surface area (Å²) in [6, 6.07) is 6.95. The van der Waals surface area contributed by atoms with Crippen LogP contribution in [0.25, 0.3) is 0 Å². The standard InChI is InChI=1S/C13H11ClFN3/c14-12-6-16-7-13(18-12)17-11-5-10(11)8-1-3-9(15)4-2-8/h1-4,6-7,10-11H,5H2,(H,17,18)/t10-,11+/m0/s1. The predicted molar refractivity (Wildman–Crippen MR) is 68.2 cm³/mol. The molecule has 18 heavy (non-hydrogen) atoms. The van der Waals surface area contributed by atoms with E-state index in [2.05, 4.69) is 15.3 Å². The minimum absolute atomic E-state index is 0.204. The normalized spacial score (nSPS) is 21.7. The third-order valence-corrected chi connectivity index (χ3v) is 3.21. The van der Waals surface area contributed by atoms with E-state index < -0.39 is 0 Å². The Morgan fingerprint density at radius 1 is 1.22 bits per heavy atom. The molecular weight excluding hydrogens is 253 g/mol. The summed E-state index contributed by atoms with van der Waals surface area (Å²) in [6.45, 7) is 0. The summed E-state index contributed by atoms with van der Waals surface area (Å²) in [6.07, 6.45) is 4.16. The maximum absolute atomic E-state index is 12.8. The molecule has 5 heteroatoms. The summed E-state index contributed by atoms with van der Waals surface area (Å²) in [5.41, 5.74) is 1.14. The second-order valence-corrected chi connectivity index (χ2v) is 4.76. The zero-order valence-corrected chi connectivity index (χ0v) is 10.2. The van der Waals surface area contributed by atoms with Crippen LogP contribution in [0.3, 0.4) is 0 Å². The number of halogens is 2. The van der Waals surface area contributed by atoms with Crippen LogP contribution < -0.4 is 5.32 Å². The molecule has 0 radical (unpaired) electrons. The summed E-state index contributed by atoms with van der Waals surface area (Å²) in [5.74, 6) is 0.883. The molecule has 1 heterocycles. The Labute approximate surface area is 109 Å². The van der Waals surface area contributed by atoms with Crippen LogP contribution >= 0.6 is 11.6 Å². The molecule has 0 amide bonds. The average Bonchev–Trinajstić information content (AvgIpc) is 3.09. The Balaban J connectivity index is 1.66. The van der Waals surface area contributed by atoms with Gasteiger partial charge in [0.1, 0.15) is 16.8 Å². The predicted octanol–water partition coefficient (Wildman–Crippen LogP) is 3.24. The Morgan fingerprint density at radius 3 is 2.72 bits per heavy atom. The van der Waals surface area contributed by atoms with Crippen molar-refractivity contribution < 1.29 is 4.39 Å². The second-order valence-electron chi connectivity index (χ2n) is 4.37. The van der Waals surface area contributed by atoms with Gasteiger partial charge >= 0.3 is 0 Å². The molecule has 0 aliphatic heterocycles. The van der Waals surface area contributed by atoms with Crippen molar-refractivity contribution in [3.63, 3.8) is 0 Å². The molecule has 1 aromatic heterocycles. The third kappa shape index (κ3) is 2.43. The number of benzene rings is 1. The molecule has 2 atom stereocenters. The van der Waals surface area contributed by atoms with E-state index >= 15 is 0 Å². The lowest BCUT2D eigenvalue weighted by Gasteiger charge is -2.04. The third-order valence-electron chi connectivity index (χ3n) is 3.03. The van der Waals surface area contributed by atoms with Gasteiger partial charge in [-0.15, -0.1) is 0 Å². The minimum Gasteiger partial charge on any atom is -0.365 e. The highest BCUT2D eigenvalue weighted by molar-refractivity contribution is 6.29. The summed E-state index contributed by atoms with van der Waals surface area (Å²) in [7, 11) is 0. The fourth-order valence-electron chi connectivity index (χ4n) is 2.03. The van der Waals surface area contributed by atoms with Crippen LogP contribution in [0.5, 0.6) is 0 Å². The van der Waals surface area contributed by atoms with Crippen LogP contribution in [0, 0.1) is 5.82 Å². The smallest absolute Gasteiger partial charge is 0.149 e. The van der Waals surface area contributed by atoms with Gasteiger partial charge in [0.25, 0.3) is 0 Å². The van der Waals surface area contributed by atoms with Crippen LogP contribution in [0.2, 0.25) is 5.15 Å². The van der Waals surface area contributed by atoms with Gasteiger partial charge in [-0.1, -0.05) is 23.7 Å². The monoisotopic (exact) mass is 263 g/mol. The quantitative estimate of drug-likeness (QED) is 0.924. The Kier molecular flexibility index (Phi) is 2.88. The molecule has 1 fully saturated rings. The van der Waals surface area contributed by atoms with Crippen LogP contribution in [-0.2, 0) is 0 Å². The highest BCUT2D eigenvalue weighted by Gasteiger charge is 2.38. The molecule has 1 aliphatic rings. The first-order chi connectivity index (χ1) is 8.72. The Morgan fingerprint density at radius 2 is 2.00 bits per heavy atom. The van der Waals surface area contributed by atoms with Crippen molar-refractivity contribution in [2.45, 2.75) is 18.4 Å². The summed E-state index contributed by atoms with van der Waals surface area (Å²) >= 11 is 5.76. The highest BCUT2D eigenvalue weighted by Crippen LogP contribution is 2.42. The van der Waals surface area contributed by atoms with Gasteiger partial charge in [-0.25, -0.2) is 9.37 Å². The fourth-order valence-corrected chi connectivity index (χ4v) is 2.18. The van der Waals surface area contributed by atoms with Gasteiger partial charge < -0.3 is 5.32 Å². The highest BCUT2D eigenvalue weighted by atomic mass is 35.5. The van der Waals surface area contributed by atoms with E-state index in [1.54, 1.807) is 6.20 Å². The molecule has 0 unspecified atom stereocenters. The van der Waals surface area contributed by atoms with Crippen molar-refractivity contribution in [2.24, 2.45) is 0 Å². The van der Waals surface area contributed by atoms with E-state index in [-0.39, 0.29) is 5.82 Å². The molecule has 1 aliphatic carbocycles. The zero-order chi connectivity index (χ0) is 12.5. The molecule has 3 nitrogen and oxygen atoms in total. The molecule has 0 spiro atoms. The zero-order valence-electron chi connectivity index (χ0n) is 9.48. The molecular formula is C13H11ClFN3. The number of nitrogens with one attached hydrogen (secondary N) is 1. The van der Waals surface area contributed by atoms with Crippen LogP contribution in [0.1, 0.15) is 17.9 Å². The van der Waals surface area contributed by atoms with Gasteiger partial charge in [0.05, 0.1) is 12.4 Å². The lowest BCUT2D eigenvalue weighted by Crippen LogP contribution is -2.06. The summed E-state index contributed by atoms with van der Waals surface area (Å²) in [4.78, 5) is 8.10. The van der Waals surface area contributed by atoms with Crippen LogP contribution in [0.4, 0.5) is 10.2 Å². The van der Waals surface area contributed by atoms with Crippen molar-refractivity contribution in [3.05, 3.63) is 53.2 Å². The lowest BCUT2D eigenvalue weighted by molar-refractivity contribution is 0.627. The molecule has 1 saturated carbocycles. The maximum Gasteiger partial charge on any atom is 0.149 e. The van der Waals surface area contributed by atoms with E-state index in [0.717, 1.165) is 12.0 Å². The first kappa shape index (κ1) is 11.4. The van der Waals surface area contributed by atoms with Crippen molar-refractivity contribution in [1.29, 1.82) is 0 Å². The first-order valence-electron chi connectivity index (χ1n) is 5.72. The van der Waals surface area contributed by atoms with Crippen molar-refractivity contribution in [1.82, 2.24) is 9.97 Å². The number of nitrogens with zero attached hydrogens (tertiary/aromatic N) is 2. The van der Waals surface area contributed by atoms with E-state index in [1.165, 1.54) is 18.3 Å². The van der Waals surface area contributed by atoms with Crippen molar-refractivity contribution >= 4 is 17.4 Å². The maximum atomic E-state index is 12.8. The van der Waals surface area contributed by atoms with E-state index in [0.29, 0.717) is 22.9 Å². The van der Waals surface area contributed by atoms with Crippen LogP contribution in [-0.4, -0.2) is 16.0 Å². The first-order valence-corrected chi connectivity index (χ1v) is 6.10. The van der Waals surface area contributed by atoms with E-state index in [4.69, 9.17) is 11.6 Å². The summed E-state index contributed by atoms with van der Waals surface area (Å²) in [5, 5.41) is 3.64. The number of aromatic nitrogens is 2. The van der Waals surface area contributed by atoms with Gasteiger partial charge in [0, 0.05) is 12.0 Å². The van der Waals surface area contributed by atoms with Gasteiger partial charge in [-0.2, -0.15) is 0 Å². The van der Waals surface area contributed by atoms with Crippen LogP contribution in [0.15, 0.2) is 36.7 Å². The minimum atomic E-state index is -0.204. The molecule has 1 aromatic carbocycles. The number of hydrogen-bond acceptors (Lipinski definition) is 3. The molecule has 3 rings (SSSR count). The van der Waals surface area contributed by atoms with E-state index in [9.17, 15) is 4.39 Å². The average molecular weight is 264 g/mol. The van der Waals surface area contributed by atoms with Gasteiger partial charge in [0.15, 0.2) is 0 Å². The van der Waals surface area contributed by atoms with Crippen molar-refractivity contribution in [3.8, 4) is 0 Å². The Bertz CT molecular complexity index is 558. The topological polar surface area (TPSA) is 37.8 Å². The molecule has 2 aromatic rings. The van der Waals surface area contributed by atoms with E-state index in [1.807, 2.05) is 12.1 Å². The van der Waals surface area contributed by atoms with Crippen molar-refractivity contribution in [2.75, 3.05) is 5.32 Å². The fraction of sp³-hybridized carbons (Fsp3) is 0.231. The number of rotatable bonds is 3. The molecule has 0 saturated heterocycles. The molecule has 1 N–H and O–H groups in total. The van der Waals surface area contributed by atoms with Gasteiger partial charge in [-0.05, 0) is 24.1 Å². The number of hydrogen-bond donors (Lipinski definition) is 1. The lowest BCUT2D eigenvalue weighted by atomic mass is 10.1. The largest absolute Gasteiger partial charge is 0.365 e.